The number of nitrogens with one attached hydrogen (secondary N) is 1. The van der Waals surface area contributed by atoms with Crippen LogP contribution in [0.3, 0.4) is 0 Å². The first-order valence-electron chi connectivity index (χ1n) is 10.9. The molecule has 2 aromatic rings. The van der Waals surface area contributed by atoms with Gasteiger partial charge in [0.1, 0.15) is 5.75 Å². The molecule has 5 nitrogen and oxygen atoms in total. The fourth-order valence-electron chi connectivity index (χ4n) is 2.97. The second-order valence-electron chi connectivity index (χ2n) is 9.27. The normalized spacial score (nSPS) is 12.4. The predicted molar refractivity (Wildman–Crippen MR) is 125 cm³/mol. The van der Waals surface area contributed by atoms with Crippen LogP contribution in [0.2, 0.25) is 0 Å². The van der Waals surface area contributed by atoms with Crippen molar-refractivity contribution in [3.8, 4) is 17.2 Å². The lowest BCUT2D eigenvalue weighted by atomic mass is 9.87. The van der Waals surface area contributed by atoms with Crippen molar-refractivity contribution in [2.75, 3.05) is 13.7 Å². The van der Waals surface area contributed by atoms with Crippen molar-refractivity contribution in [3.05, 3.63) is 53.6 Å². The maximum atomic E-state index is 12.5. The van der Waals surface area contributed by atoms with Crippen LogP contribution in [-0.2, 0) is 16.8 Å². The van der Waals surface area contributed by atoms with Gasteiger partial charge >= 0.3 is 0 Å². The van der Waals surface area contributed by atoms with Crippen LogP contribution in [0, 0.1) is 5.92 Å². The third kappa shape index (κ3) is 7.82. The minimum atomic E-state index is -0.596. The fraction of sp³-hybridized carbons (Fsp3) is 0.500. The Morgan fingerprint density at radius 1 is 1.00 bits per heavy atom. The molecule has 31 heavy (non-hydrogen) atoms. The van der Waals surface area contributed by atoms with E-state index in [9.17, 15) is 4.79 Å². The van der Waals surface area contributed by atoms with Gasteiger partial charge in [-0.15, -0.1) is 0 Å². The van der Waals surface area contributed by atoms with Gasteiger partial charge in [0.25, 0.3) is 5.91 Å². The number of rotatable bonds is 10. The monoisotopic (exact) mass is 427 g/mol. The van der Waals surface area contributed by atoms with Crippen LogP contribution in [0.25, 0.3) is 0 Å². The highest BCUT2D eigenvalue weighted by atomic mass is 16.5. The fourth-order valence-corrected chi connectivity index (χ4v) is 2.97. The molecule has 0 aliphatic carbocycles. The van der Waals surface area contributed by atoms with Crippen LogP contribution >= 0.6 is 0 Å². The Balaban J connectivity index is 1.89. The molecular formula is C26H37NO4. The molecule has 2 rings (SSSR count). The Morgan fingerprint density at radius 3 is 2.26 bits per heavy atom. The van der Waals surface area contributed by atoms with E-state index in [0.717, 1.165) is 12.0 Å². The Morgan fingerprint density at radius 2 is 1.68 bits per heavy atom. The molecule has 0 bridgehead atoms. The molecule has 1 unspecified atom stereocenters. The Hall–Kier alpha value is -2.69. The number of hydrogen-bond donors (Lipinski definition) is 1. The Kier molecular flexibility index (Phi) is 8.78. The highest BCUT2D eigenvalue weighted by Gasteiger charge is 2.17. The van der Waals surface area contributed by atoms with E-state index in [4.69, 9.17) is 14.2 Å². The van der Waals surface area contributed by atoms with Crippen molar-refractivity contribution < 1.29 is 19.0 Å². The molecule has 2 aromatic carbocycles. The summed E-state index contributed by atoms with van der Waals surface area (Å²) in [7, 11) is 1.62. The van der Waals surface area contributed by atoms with E-state index in [0.29, 0.717) is 36.3 Å². The lowest BCUT2D eigenvalue weighted by Crippen LogP contribution is -2.35. The topological polar surface area (TPSA) is 56.8 Å². The summed E-state index contributed by atoms with van der Waals surface area (Å²) in [4.78, 5) is 12.5. The van der Waals surface area contributed by atoms with Gasteiger partial charge in [-0.05, 0) is 60.1 Å². The second-order valence-corrected chi connectivity index (χ2v) is 9.27. The SMILES string of the molecule is COc1cc(CNC(=O)C(C)Oc2ccc(C(C)(C)C)cc2)ccc1OCCC(C)C. The van der Waals surface area contributed by atoms with E-state index in [1.165, 1.54) is 5.56 Å². The first-order valence-corrected chi connectivity index (χ1v) is 10.9. The van der Waals surface area contributed by atoms with Crippen molar-refractivity contribution in [2.45, 2.75) is 66.0 Å². The summed E-state index contributed by atoms with van der Waals surface area (Å²) < 4.78 is 17.1. The highest BCUT2D eigenvalue weighted by molar-refractivity contribution is 5.80. The zero-order valence-electron chi connectivity index (χ0n) is 20.0. The zero-order valence-corrected chi connectivity index (χ0v) is 20.0. The van der Waals surface area contributed by atoms with E-state index in [1.54, 1.807) is 14.0 Å². The molecule has 0 aliphatic rings. The lowest BCUT2D eigenvalue weighted by Gasteiger charge is -2.20. The summed E-state index contributed by atoms with van der Waals surface area (Å²) in [5, 5.41) is 2.92. The molecule has 170 valence electrons. The number of amides is 1. The third-order valence-electron chi connectivity index (χ3n) is 5.05. The zero-order chi connectivity index (χ0) is 23.0. The van der Waals surface area contributed by atoms with Crippen LogP contribution in [0.4, 0.5) is 0 Å². The molecule has 1 amide bonds. The van der Waals surface area contributed by atoms with Crippen molar-refractivity contribution in [1.82, 2.24) is 5.32 Å². The minimum Gasteiger partial charge on any atom is -0.493 e. The number of benzene rings is 2. The maximum absolute atomic E-state index is 12.5. The van der Waals surface area contributed by atoms with Gasteiger partial charge in [0.2, 0.25) is 0 Å². The summed E-state index contributed by atoms with van der Waals surface area (Å²) in [6, 6.07) is 13.6. The van der Waals surface area contributed by atoms with E-state index in [-0.39, 0.29) is 11.3 Å². The van der Waals surface area contributed by atoms with Gasteiger partial charge in [-0.1, -0.05) is 52.8 Å². The third-order valence-corrected chi connectivity index (χ3v) is 5.05. The number of carbonyl (C=O) groups excluding carboxylic acids is 1. The average Bonchev–Trinajstić information content (AvgIpc) is 2.72. The summed E-state index contributed by atoms with van der Waals surface area (Å²) in [5.74, 6) is 2.48. The molecule has 0 saturated carbocycles. The molecule has 1 atom stereocenters. The number of methoxy groups -OCH3 is 1. The smallest absolute Gasteiger partial charge is 0.261 e. The molecule has 0 saturated heterocycles. The summed E-state index contributed by atoms with van der Waals surface area (Å²) >= 11 is 0. The average molecular weight is 428 g/mol. The lowest BCUT2D eigenvalue weighted by molar-refractivity contribution is -0.127. The molecular weight excluding hydrogens is 390 g/mol. The van der Waals surface area contributed by atoms with E-state index in [1.807, 2.05) is 42.5 Å². The van der Waals surface area contributed by atoms with Gasteiger partial charge < -0.3 is 19.5 Å². The first kappa shape index (κ1) is 24.6. The van der Waals surface area contributed by atoms with Crippen LogP contribution in [0.5, 0.6) is 17.2 Å². The Labute approximate surface area is 187 Å². The van der Waals surface area contributed by atoms with E-state index in [2.05, 4.69) is 39.9 Å². The molecule has 0 heterocycles. The van der Waals surface area contributed by atoms with E-state index >= 15 is 0 Å². The number of hydrogen-bond acceptors (Lipinski definition) is 4. The van der Waals surface area contributed by atoms with Gasteiger partial charge in [-0.3, -0.25) is 4.79 Å². The van der Waals surface area contributed by atoms with Crippen LogP contribution < -0.4 is 19.5 Å². The second kappa shape index (κ2) is 11.1. The largest absolute Gasteiger partial charge is 0.493 e. The molecule has 0 fully saturated rings. The van der Waals surface area contributed by atoms with E-state index < -0.39 is 6.10 Å². The van der Waals surface area contributed by atoms with Crippen LogP contribution in [-0.4, -0.2) is 25.7 Å². The van der Waals surface area contributed by atoms with Crippen molar-refractivity contribution in [2.24, 2.45) is 5.92 Å². The Bertz CT molecular complexity index is 837. The minimum absolute atomic E-state index is 0.0809. The number of carbonyl (C=O) groups is 1. The van der Waals surface area contributed by atoms with Crippen LogP contribution in [0.15, 0.2) is 42.5 Å². The van der Waals surface area contributed by atoms with Gasteiger partial charge in [0.15, 0.2) is 17.6 Å². The molecule has 0 spiro atoms. The molecule has 5 heteroatoms. The summed E-state index contributed by atoms with van der Waals surface area (Å²) in [5.41, 5.74) is 2.24. The molecule has 0 aliphatic heterocycles. The van der Waals surface area contributed by atoms with Crippen molar-refractivity contribution in [3.63, 3.8) is 0 Å². The van der Waals surface area contributed by atoms with Gasteiger partial charge in [-0.25, -0.2) is 0 Å². The maximum Gasteiger partial charge on any atom is 0.261 e. The molecule has 1 N–H and O–H groups in total. The summed E-state index contributed by atoms with van der Waals surface area (Å²) in [6.45, 7) is 13.6. The first-order chi connectivity index (χ1) is 14.6. The molecule has 0 radical (unpaired) electrons. The number of ether oxygens (including phenoxy) is 3. The predicted octanol–water partition coefficient (Wildman–Crippen LogP) is 5.50. The van der Waals surface area contributed by atoms with Gasteiger partial charge in [-0.2, -0.15) is 0 Å². The van der Waals surface area contributed by atoms with Crippen molar-refractivity contribution >= 4 is 5.91 Å². The van der Waals surface area contributed by atoms with Gasteiger partial charge in [0.05, 0.1) is 13.7 Å². The van der Waals surface area contributed by atoms with Crippen molar-refractivity contribution in [1.29, 1.82) is 0 Å². The van der Waals surface area contributed by atoms with Crippen LogP contribution in [0.1, 0.15) is 59.1 Å². The molecule has 0 aromatic heterocycles. The highest BCUT2D eigenvalue weighted by Crippen LogP contribution is 2.28. The van der Waals surface area contributed by atoms with Gasteiger partial charge in [0, 0.05) is 6.54 Å². The quantitative estimate of drug-likeness (QED) is 0.544. The summed E-state index contributed by atoms with van der Waals surface area (Å²) in [6.07, 6.45) is 0.388. The standard InChI is InChI=1S/C26H37NO4/c1-18(2)14-15-30-23-13-8-20(16-24(23)29-7)17-27-25(28)19(3)31-22-11-9-21(10-12-22)26(4,5)6/h8-13,16,18-19H,14-15,17H2,1-7H3,(H,27,28).